The molecule has 0 bridgehead atoms. The lowest BCUT2D eigenvalue weighted by molar-refractivity contribution is 0.0762. The summed E-state index contributed by atoms with van der Waals surface area (Å²) < 4.78 is 0. The molecule has 0 saturated carbocycles. The molecule has 2 aromatic rings. The van der Waals surface area contributed by atoms with Crippen molar-refractivity contribution in [3.63, 3.8) is 0 Å². The highest BCUT2D eigenvalue weighted by molar-refractivity contribution is 5.97. The highest BCUT2D eigenvalue weighted by atomic mass is 16.2. The summed E-state index contributed by atoms with van der Waals surface area (Å²) in [6.45, 7) is 5.67. The van der Waals surface area contributed by atoms with Gasteiger partial charge in [-0.2, -0.15) is 15.4 Å². The zero-order valence-electron chi connectivity index (χ0n) is 10.8. The normalized spacial score (nSPS) is 10.8. The lowest BCUT2D eigenvalue weighted by Gasteiger charge is -2.20. The summed E-state index contributed by atoms with van der Waals surface area (Å²) in [5.41, 5.74) is 2.19. The van der Waals surface area contributed by atoms with Gasteiger partial charge in [-0.05, 0) is 31.5 Å². The van der Waals surface area contributed by atoms with Gasteiger partial charge < -0.3 is 4.90 Å². The molecule has 1 N–H and O–H groups in total. The van der Waals surface area contributed by atoms with Crippen LogP contribution in [-0.4, -0.2) is 39.3 Å². The minimum Gasteiger partial charge on any atom is -0.339 e. The van der Waals surface area contributed by atoms with Crippen LogP contribution >= 0.6 is 0 Å². The molecular weight excluding hydrogens is 228 g/mol. The molecule has 1 aromatic heterocycles. The minimum atomic E-state index is 0.0656. The molecule has 0 unspecified atom stereocenters. The summed E-state index contributed by atoms with van der Waals surface area (Å²) >= 11 is 0. The maximum Gasteiger partial charge on any atom is 0.253 e. The van der Waals surface area contributed by atoms with E-state index in [4.69, 9.17) is 0 Å². The van der Waals surface area contributed by atoms with Gasteiger partial charge in [0.2, 0.25) is 0 Å². The zero-order valence-corrected chi connectivity index (χ0v) is 10.8. The van der Waals surface area contributed by atoms with Crippen LogP contribution in [-0.2, 0) is 0 Å². The molecule has 0 aliphatic rings. The lowest BCUT2D eigenvalue weighted by Crippen LogP contribution is -2.31. The number of aromatic amines is 1. The fraction of sp³-hybridized carbons (Fsp3) is 0.462. The number of carbonyl (C=O) groups is 1. The SMILES string of the molecule is CCCCN(CC)C(=O)c1ccc2n[nH]nc2c1. The Kier molecular flexibility index (Phi) is 3.92. The van der Waals surface area contributed by atoms with Gasteiger partial charge in [0.15, 0.2) is 0 Å². The van der Waals surface area contributed by atoms with Crippen molar-refractivity contribution in [3.8, 4) is 0 Å². The van der Waals surface area contributed by atoms with Crippen LogP contribution in [0.25, 0.3) is 11.0 Å². The first kappa shape index (κ1) is 12.5. The van der Waals surface area contributed by atoms with E-state index in [1.54, 1.807) is 6.07 Å². The molecular formula is C13H18N4O. The highest BCUT2D eigenvalue weighted by Gasteiger charge is 2.14. The molecule has 0 aliphatic carbocycles. The van der Waals surface area contributed by atoms with Crippen molar-refractivity contribution in [1.29, 1.82) is 0 Å². The Hall–Kier alpha value is -1.91. The second-order valence-electron chi connectivity index (χ2n) is 4.27. The molecule has 2 rings (SSSR count). The quantitative estimate of drug-likeness (QED) is 0.879. The molecule has 1 heterocycles. The van der Waals surface area contributed by atoms with E-state index in [9.17, 15) is 4.79 Å². The molecule has 18 heavy (non-hydrogen) atoms. The standard InChI is InChI=1S/C13H18N4O/c1-3-5-8-17(4-2)13(18)10-6-7-11-12(9-10)15-16-14-11/h6-7,9H,3-5,8H2,1-2H3,(H,14,15,16). The Morgan fingerprint density at radius 1 is 1.28 bits per heavy atom. The summed E-state index contributed by atoms with van der Waals surface area (Å²) in [5, 5.41) is 10.5. The number of benzene rings is 1. The molecule has 0 aliphatic heterocycles. The summed E-state index contributed by atoms with van der Waals surface area (Å²) in [6, 6.07) is 5.41. The molecule has 0 atom stereocenters. The van der Waals surface area contributed by atoms with Crippen LogP contribution in [0.15, 0.2) is 18.2 Å². The topological polar surface area (TPSA) is 61.9 Å². The Labute approximate surface area is 106 Å². The Balaban J connectivity index is 2.20. The van der Waals surface area contributed by atoms with E-state index in [0.29, 0.717) is 5.56 Å². The largest absolute Gasteiger partial charge is 0.339 e. The number of hydrogen-bond acceptors (Lipinski definition) is 3. The first-order valence-electron chi connectivity index (χ1n) is 6.36. The van der Waals surface area contributed by atoms with Crippen LogP contribution in [0.4, 0.5) is 0 Å². The maximum absolute atomic E-state index is 12.3. The number of amides is 1. The van der Waals surface area contributed by atoms with Crippen molar-refractivity contribution in [3.05, 3.63) is 23.8 Å². The Bertz CT molecular complexity index is 535. The number of rotatable bonds is 5. The third-order valence-corrected chi connectivity index (χ3v) is 3.01. The molecule has 0 spiro atoms. The van der Waals surface area contributed by atoms with E-state index >= 15 is 0 Å². The molecule has 0 radical (unpaired) electrons. The van der Waals surface area contributed by atoms with Crippen molar-refractivity contribution in [2.45, 2.75) is 26.7 Å². The van der Waals surface area contributed by atoms with E-state index in [0.717, 1.165) is 37.0 Å². The van der Waals surface area contributed by atoms with Crippen LogP contribution in [0.5, 0.6) is 0 Å². The smallest absolute Gasteiger partial charge is 0.253 e. The molecule has 1 amide bonds. The van der Waals surface area contributed by atoms with Crippen LogP contribution in [0, 0.1) is 0 Å². The predicted molar refractivity (Wildman–Crippen MR) is 70.4 cm³/mol. The average molecular weight is 246 g/mol. The summed E-state index contributed by atoms with van der Waals surface area (Å²) in [5.74, 6) is 0.0656. The Morgan fingerprint density at radius 3 is 2.78 bits per heavy atom. The van der Waals surface area contributed by atoms with Crippen molar-refractivity contribution in [1.82, 2.24) is 20.3 Å². The first-order valence-corrected chi connectivity index (χ1v) is 6.36. The fourth-order valence-corrected chi connectivity index (χ4v) is 1.91. The fourth-order valence-electron chi connectivity index (χ4n) is 1.91. The number of unbranched alkanes of at least 4 members (excludes halogenated alkanes) is 1. The van der Waals surface area contributed by atoms with Crippen molar-refractivity contribution in [2.75, 3.05) is 13.1 Å². The van der Waals surface area contributed by atoms with Crippen molar-refractivity contribution < 1.29 is 4.79 Å². The number of fused-ring (bicyclic) bond motifs is 1. The molecule has 5 nitrogen and oxygen atoms in total. The number of carbonyl (C=O) groups excluding carboxylic acids is 1. The predicted octanol–water partition coefficient (Wildman–Crippen LogP) is 2.22. The van der Waals surface area contributed by atoms with Gasteiger partial charge in [0, 0.05) is 18.7 Å². The number of nitrogens with one attached hydrogen (secondary N) is 1. The van der Waals surface area contributed by atoms with Gasteiger partial charge >= 0.3 is 0 Å². The monoisotopic (exact) mass is 246 g/mol. The van der Waals surface area contributed by atoms with Crippen LogP contribution in [0.2, 0.25) is 0 Å². The maximum atomic E-state index is 12.3. The number of nitrogens with zero attached hydrogens (tertiary/aromatic N) is 3. The third-order valence-electron chi connectivity index (χ3n) is 3.01. The zero-order chi connectivity index (χ0) is 13.0. The van der Waals surface area contributed by atoms with E-state index in [1.807, 2.05) is 24.0 Å². The van der Waals surface area contributed by atoms with Gasteiger partial charge in [0.1, 0.15) is 11.0 Å². The van der Waals surface area contributed by atoms with Crippen LogP contribution < -0.4 is 0 Å². The Morgan fingerprint density at radius 2 is 2.06 bits per heavy atom. The average Bonchev–Trinajstić information content (AvgIpc) is 2.86. The third kappa shape index (κ3) is 2.50. The summed E-state index contributed by atoms with van der Waals surface area (Å²) in [4.78, 5) is 14.2. The van der Waals surface area contributed by atoms with Crippen LogP contribution in [0.1, 0.15) is 37.0 Å². The summed E-state index contributed by atoms with van der Waals surface area (Å²) in [7, 11) is 0. The van der Waals surface area contributed by atoms with Gasteiger partial charge in [-0.1, -0.05) is 13.3 Å². The molecule has 5 heteroatoms. The number of hydrogen-bond donors (Lipinski definition) is 1. The van der Waals surface area contributed by atoms with Gasteiger partial charge in [-0.15, -0.1) is 0 Å². The molecule has 0 saturated heterocycles. The van der Waals surface area contributed by atoms with E-state index in [-0.39, 0.29) is 5.91 Å². The number of aromatic nitrogens is 3. The van der Waals surface area contributed by atoms with E-state index < -0.39 is 0 Å². The van der Waals surface area contributed by atoms with Crippen LogP contribution in [0.3, 0.4) is 0 Å². The van der Waals surface area contributed by atoms with Gasteiger partial charge in [0.05, 0.1) is 0 Å². The van der Waals surface area contributed by atoms with E-state index in [2.05, 4.69) is 22.3 Å². The van der Waals surface area contributed by atoms with Gasteiger partial charge in [-0.25, -0.2) is 0 Å². The van der Waals surface area contributed by atoms with Gasteiger partial charge in [-0.3, -0.25) is 4.79 Å². The van der Waals surface area contributed by atoms with Gasteiger partial charge in [0.25, 0.3) is 5.91 Å². The second-order valence-corrected chi connectivity index (χ2v) is 4.27. The molecule has 96 valence electrons. The molecule has 1 aromatic carbocycles. The minimum absolute atomic E-state index is 0.0656. The van der Waals surface area contributed by atoms with Crippen molar-refractivity contribution >= 4 is 16.9 Å². The summed E-state index contributed by atoms with van der Waals surface area (Å²) in [6.07, 6.45) is 2.12. The van der Waals surface area contributed by atoms with E-state index in [1.165, 1.54) is 0 Å². The first-order chi connectivity index (χ1) is 8.76. The highest BCUT2D eigenvalue weighted by Crippen LogP contribution is 2.13. The second kappa shape index (κ2) is 5.62. The lowest BCUT2D eigenvalue weighted by atomic mass is 10.1. The number of H-pyrrole nitrogens is 1. The molecule has 0 fully saturated rings. The van der Waals surface area contributed by atoms with Crippen molar-refractivity contribution in [2.24, 2.45) is 0 Å².